The molecule has 1 N–H and O–H groups in total. The molecule has 5 heteroatoms. The molecule has 0 saturated heterocycles. The van der Waals surface area contributed by atoms with Crippen molar-refractivity contribution in [2.75, 3.05) is 0 Å². The topological polar surface area (TPSA) is 33.1 Å². The Hall–Kier alpha value is -0.970. The van der Waals surface area contributed by atoms with Crippen LogP contribution < -0.4 is 0 Å². The first-order chi connectivity index (χ1) is 8.56. The Bertz CT molecular complexity index is 547. The summed E-state index contributed by atoms with van der Waals surface area (Å²) in [6.45, 7) is 0. The van der Waals surface area contributed by atoms with Gasteiger partial charge in [-0.1, -0.05) is 17.7 Å². The molecule has 2 nitrogen and oxygen atoms in total. The fourth-order valence-corrected chi connectivity index (χ4v) is 2.02. The molecule has 1 heterocycles. The van der Waals surface area contributed by atoms with E-state index in [0.29, 0.717) is 12.1 Å². The zero-order valence-electron chi connectivity index (χ0n) is 9.28. The molecule has 0 bridgehead atoms. The molecule has 0 aliphatic heterocycles. The molecule has 0 saturated carbocycles. The van der Waals surface area contributed by atoms with E-state index in [2.05, 4.69) is 20.9 Å². The lowest BCUT2D eigenvalue weighted by Gasteiger charge is -2.10. The molecule has 2 rings (SSSR count). The Kier molecular flexibility index (Phi) is 4.32. The van der Waals surface area contributed by atoms with Gasteiger partial charge in [-0.2, -0.15) is 0 Å². The Balaban J connectivity index is 2.13. The predicted octanol–water partition coefficient (Wildman–Crippen LogP) is 3.91. The van der Waals surface area contributed by atoms with Gasteiger partial charge in [0.05, 0.1) is 16.8 Å². The second-order valence-corrected chi connectivity index (χ2v) is 5.19. The molecule has 0 fully saturated rings. The molecule has 0 aliphatic carbocycles. The van der Waals surface area contributed by atoms with E-state index in [4.69, 9.17) is 11.6 Å². The van der Waals surface area contributed by atoms with Gasteiger partial charge in [0.1, 0.15) is 5.82 Å². The lowest BCUT2D eigenvalue weighted by Crippen LogP contribution is -2.04. The Labute approximate surface area is 118 Å². The van der Waals surface area contributed by atoms with Crippen molar-refractivity contribution in [2.24, 2.45) is 0 Å². The molecule has 18 heavy (non-hydrogen) atoms. The van der Waals surface area contributed by atoms with Crippen LogP contribution in [0.15, 0.2) is 41.0 Å². The number of pyridine rings is 1. The highest BCUT2D eigenvalue weighted by molar-refractivity contribution is 9.10. The highest BCUT2D eigenvalue weighted by Crippen LogP contribution is 2.21. The SMILES string of the molecule is OC(Cc1ccc(F)c(Cl)c1)c1ccc(Br)cn1. The van der Waals surface area contributed by atoms with Crippen LogP contribution in [-0.2, 0) is 6.42 Å². The van der Waals surface area contributed by atoms with Crippen molar-refractivity contribution in [3.05, 3.63) is 63.1 Å². The molecular weight excluding hydrogens is 321 g/mol. The van der Waals surface area contributed by atoms with Crippen molar-refractivity contribution in [3.8, 4) is 0 Å². The first-order valence-corrected chi connectivity index (χ1v) is 6.47. The van der Waals surface area contributed by atoms with Gasteiger partial charge in [0.25, 0.3) is 0 Å². The van der Waals surface area contributed by atoms with Gasteiger partial charge < -0.3 is 5.11 Å². The van der Waals surface area contributed by atoms with Crippen LogP contribution >= 0.6 is 27.5 Å². The molecule has 0 spiro atoms. The average Bonchev–Trinajstić information content (AvgIpc) is 2.34. The molecule has 1 aromatic heterocycles. The Morgan fingerprint density at radius 1 is 1.33 bits per heavy atom. The third kappa shape index (κ3) is 3.28. The molecule has 1 unspecified atom stereocenters. The number of hydrogen-bond acceptors (Lipinski definition) is 2. The number of nitrogens with zero attached hydrogens (tertiary/aromatic N) is 1. The fourth-order valence-electron chi connectivity index (χ4n) is 1.58. The van der Waals surface area contributed by atoms with E-state index in [0.717, 1.165) is 10.0 Å². The van der Waals surface area contributed by atoms with E-state index < -0.39 is 11.9 Å². The van der Waals surface area contributed by atoms with Gasteiger partial charge in [0, 0.05) is 17.1 Å². The lowest BCUT2D eigenvalue weighted by molar-refractivity contribution is 0.173. The zero-order valence-corrected chi connectivity index (χ0v) is 11.6. The highest BCUT2D eigenvalue weighted by atomic mass is 79.9. The van der Waals surface area contributed by atoms with Crippen LogP contribution in [0.25, 0.3) is 0 Å². The minimum Gasteiger partial charge on any atom is -0.386 e. The largest absolute Gasteiger partial charge is 0.386 e. The zero-order chi connectivity index (χ0) is 13.1. The van der Waals surface area contributed by atoms with Crippen molar-refractivity contribution in [1.82, 2.24) is 4.98 Å². The van der Waals surface area contributed by atoms with Crippen LogP contribution in [0.1, 0.15) is 17.4 Å². The van der Waals surface area contributed by atoms with E-state index in [1.807, 2.05) is 6.07 Å². The maximum absolute atomic E-state index is 13.0. The summed E-state index contributed by atoms with van der Waals surface area (Å²) in [7, 11) is 0. The summed E-state index contributed by atoms with van der Waals surface area (Å²) < 4.78 is 13.8. The van der Waals surface area contributed by atoms with Crippen molar-refractivity contribution in [3.63, 3.8) is 0 Å². The summed E-state index contributed by atoms with van der Waals surface area (Å²) in [6, 6.07) is 7.95. The maximum Gasteiger partial charge on any atom is 0.141 e. The van der Waals surface area contributed by atoms with E-state index in [9.17, 15) is 9.50 Å². The predicted molar refractivity (Wildman–Crippen MR) is 72.0 cm³/mol. The fraction of sp³-hybridized carbons (Fsp3) is 0.154. The van der Waals surface area contributed by atoms with Gasteiger partial charge in [0.2, 0.25) is 0 Å². The molecule has 0 aliphatic rings. The van der Waals surface area contributed by atoms with Gasteiger partial charge in [0.15, 0.2) is 0 Å². The summed E-state index contributed by atoms with van der Waals surface area (Å²) in [5.41, 5.74) is 1.33. The first-order valence-electron chi connectivity index (χ1n) is 5.29. The number of hydrogen-bond donors (Lipinski definition) is 1. The third-order valence-corrected chi connectivity index (χ3v) is 3.26. The molecule has 1 atom stereocenters. The van der Waals surface area contributed by atoms with Crippen LogP contribution in [0.5, 0.6) is 0 Å². The number of benzene rings is 1. The molecular formula is C13H10BrClFNO. The van der Waals surface area contributed by atoms with Crippen molar-refractivity contribution >= 4 is 27.5 Å². The number of aromatic nitrogens is 1. The average molecular weight is 331 g/mol. The molecule has 2 aromatic rings. The van der Waals surface area contributed by atoms with Crippen LogP contribution in [-0.4, -0.2) is 10.1 Å². The van der Waals surface area contributed by atoms with Crippen LogP contribution in [0, 0.1) is 5.82 Å². The second-order valence-electron chi connectivity index (χ2n) is 3.87. The quantitative estimate of drug-likeness (QED) is 0.925. The van der Waals surface area contributed by atoms with Gasteiger partial charge >= 0.3 is 0 Å². The summed E-state index contributed by atoms with van der Waals surface area (Å²) in [6.07, 6.45) is 1.23. The number of halogens is 3. The Morgan fingerprint density at radius 3 is 2.72 bits per heavy atom. The number of rotatable bonds is 3. The summed E-state index contributed by atoms with van der Waals surface area (Å²) in [5, 5.41) is 10.1. The van der Waals surface area contributed by atoms with Crippen LogP contribution in [0.3, 0.4) is 0 Å². The Morgan fingerprint density at radius 2 is 2.11 bits per heavy atom. The van der Waals surface area contributed by atoms with Gasteiger partial charge in [-0.3, -0.25) is 4.98 Å². The second kappa shape index (κ2) is 5.78. The van der Waals surface area contributed by atoms with E-state index in [1.54, 1.807) is 18.3 Å². The maximum atomic E-state index is 13.0. The minimum absolute atomic E-state index is 0.0588. The normalized spacial score (nSPS) is 12.4. The first kappa shape index (κ1) is 13.5. The number of aliphatic hydroxyl groups excluding tert-OH is 1. The molecule has 0 amide bonds. The van der Waals surface area contributed by atoms with Crippen molar-refractivity contribution in [1.29, 1.82) is 0 Å². The standard InChI is InChI=1S/C13H10BrClFNO/c14-9-2-4-12(17-7-9)13(18)6-8-1-3-11(16)10(15)5-8/h1-5,7,13,18H,6H2. The van der Waals surface area contributed by atoms with Gasteiger partial charge in [-0.15, -0.1) is 0 Å². The van der Waals surface area contributed by atoms with Crippen molar-refractivity contribution < 1.29 is 9.50 Å². The van der Waals surface area contributed by atoms with Crippen LogP contribution in [0.4, 0.5) is 4.39 Å². The van der Waals surface area contributed by atoms with E-state index in [1.165, 1.54) is 12.1 Å². The number of aliphatic hydroxyl groups is 1. The molecule has 94 valence electrons. The third-order valence-electron chi connectivity index (χ3n) is 2.50. The summed E-state index contributed by atoms with van der Waals surface area (Å²) >= 11 is 8.96. The van der Waals surface area contributed by atoms with E-state index >= 15 is 0 Å². The lowest BCUT2D eigenvalue weighted by atomic mass is 10.1. The van der Waals surface area contributed by atoms with Crippen LogP contribution in [0.2, 0.25) is 5.02 Å². The van der Waals surface area contributed by atoms with Crippen molar-refractivity contribution in [2.45, 2.75) is 12.5 Å². The molecule has 0 radical (unpaired) electrons. The minimum atomic E-state index is -0.736. The van der Waals surface area contributed by atoms with Gasteiger partial charge in [-0.05, 0) is 45.8 Å². The summed E-state index contributed by atoms with van der Waals surface area (Å²) in [4.78, 5) is 4.11. The monoisotopic (exact) mass is 329 g/mol. The van der Waals surface area contributed by atoms with E-state index in [-0.39, 0.29) is 5.02 Å². The smallest absolute Gasteiger partial charge is 0.141 e. The summed E-state index contributed by atoms with van der Waals surface area (Å²) in [5.74, 6) is -0.461. The highest BCUT2D eigenvalue weighted by Gasteiger charge is 2.11. The molecule has 1 aromatic carbocycles. The van der Waals surface area contributed by atoms with Gasteiger partial charge in [-0.25, -0.2) is 4.39 Å².